The molecule has 5 heteroatoms. The molecule has 1 aliphatic heterocycles. The summed E-state index contributed by atoms with van der Waals surface area (Å²) in [5.41, 5.74) is 2.69. The summed E-state index contributed by atoms with van der Waals surface area (Å²) < 4.78 is 22.1. The van der Waals surface area contributed by atoms with Gasteiger partial charge in [0.05, 0.1) is 4.90 Å². The monoisotopic (exact) mass is 210 g/mol. The van der Waals surface area contributed by atoms with Crippen LogP contribution in [0.15, 0.2) is 35.4 Å². The van der Waals surface area contributed by atoms with Crippen molar-refractivity contribution in [1.29, 1.82) is 0 Å². The van der Waals surface area contributed by atoms with Gasteiger partial charge in [-0.1, -0.05) is 6.58 Å². The fraction of sp³-hybridized carbons (Fsp3) is 0.111. The van der Waals surface area contributed by atoms with E-state index < -0.39 is 10.0 Å². The van der Waals surface area contributed by atoms with Crippen LogP contribution in [0.4, 0.5) is 5.69 Å². The number of allylic oxidation sites excluding steroid dienone is 1. The molecule has 0 saturated carbocycles. The molecule has 2 rings (SSSR count). The van der Waals surface area contributed by atoms with Gasteiger partial charge in [-0.2, -0.15) is 0 Å². The smallest absolute Gasteiger partial charge is 0.238 e. The van der Waals surface area contributed by atoms with Crippen molar-refractivity contribution in [3.8, 4) is 0 Å². The fourth-order valence-electron chi connectivity index (χ4n) is 1.48. The number of nitrogens with one attached hydrogen (secondary N) is 1. The Morgan fingerprint density at radius 2 is 2.14 bits per heavy atom. The van der Waals surface area contributed by atoms with E-state index >= 15 is 0 Å². The van der Waals surface area contributed by atoms with Crippen molar-refractivity contribution in [3.63, 3.8) is 0 Å². The van der Waals surface area contributed by atoms with Crippen LogP contribution in [-0.4, -0.2) is 8.42 Å². The van der Waals surface area contributed by atoms with Crippen LogP contribution in [0.2, 0.25) is 0 Å². The molecule has 4 nitrogen and oxygen atoms in total. The largest absolute Gasteiger partial charge is 0.359 e. The molecule has 0 saturated heterocycles. The van der Waals surface area contributed by atoms with Crippen molar-refractivity contribution in [1.82, 2.24) is 0 Å². The van der Waals surface area contributed by atoms with Gasteiger partial charge in [-0.25, -0.2) is 13.6 Å². The molecule has 0 unspecified atom stereocenters. The maximum atomic E-state index is 11.0. The van der Waals surface area contributed by atoms with Gasteiger partial charge in [0.25, 0.3) is 0 Å². The first kappa shape index (κ1) is 9.23. The number of nitrogens with two attached hydrogens (primary N) is 1. The number of anilines is 1. The summed E-state index contributed by atoms with van der Waals surface area (Å²) in [6, 6.07) is 4.77. The number of fused-ring (bicyclic) bond motifs is 1. The summed E-state index contributed by atoms with van der Waals surface area (Å²) in [5.74, 6) is 0. The van der Waals surface area contributed by atoms with Crippen LogP contribution >= 0.6 is 0 Å². The minimum atomic E-state index is -3.60. The standard InChI is InChI=1S/C9H10N2O2S/c1-6-4-7-5-8(14(10,12)13)2-3-9(7)11-6/h2-3,5,11H,1,4H2,(H2,10,12,13). The summed E-state index contributed by atoms with van der Waals surface area (Å²) >= 11 is 0. The molecule has 0 amide bonds. The first-order chi connectivity index (χ1) is 6.47. The number of primary sulfonamides is 1. The van der Waals surface area contributed by atoms with E-state index in [9.17, 15) is 8.42 Å². The normalized spacial score (nSPS) is 15.1. The summed E-state index contributed by atoms with van der Waals surface area (Å²) in [5, 5.41) is 8.06. The van der Waals surface area contributed by atoms with Crippen LogP contribution in [0, 0.1) is 0 Å². The van der Waals surface area contributed by atoms with Crippen LogP contribution in [0.5, 0.6) is 0 Å². The van der Waals surface area contributed by atoms with E-state index in [1.807, 2.05) is 0 Å². The molecule has 0 atom stereocenters. The molecule has 0 aliphatic carbocycles. The van der Waals surface area contributed by atoms with E-state index in [0.29, 0.717) is 6.42 Å². The van der Waals surface area contributed by atoms with Crippen molar-refractivity contribution in [2.24, 2.45) is 5.14 Å². The lowest BCUT2D eigenvalue weighted by atomic mass is 10.1. The number of benzene rings is 1. The van der Waals surface area contributed by atoms with Crippen LogP contribution < -0.4 is 10.5 Å². The zero-order valence-electron chi connectivity index (χ0n) is 7.45. The van der Waals surface area contributed by atoms with E-state index in [2.05, 4.69) is 11.9 Å². The van der Waals surface area contributed by atoms with E-state index in [1.54, 1.807) is 12.1 Å². The third kappa shape index (κ3) is 1.51. The van der Waals surface area contributed by atoms with Crippen LogP contribution in [0.25, 0.3) is 0 Å². The molecule has 14 heavy (non-hydrogen) atoms. The van der Waals surface area contributed by atoms with E-state index in [4.69, 9.17) is 5.14 Å². The molecule has 1 aliphatic rings. The number of rotatable bonds is 1. The lowest BCUT2D eigenvalue weighted by molar-refractivity contribution is 0.597. The van der Waals surface area contributed by atoms with Crippen molar-refractivity contribution >= 4 is 15.7 Å². The average Bonchev–Trinajstić information content (AvgIpc) is 2.41. The van der Waals surface area contributed by atoms with Crippen molar-refractivity contribution in [2.45, 2.75) is 11.3 Å². The number of hydrogen-bond acceptors (Lipinski definition) is 3. The van der Waals surface area contributed by atoms with Crippen molar-refractivity contribution in [3.05, 3.63) is 36.0 Å². The van der Waals surface area contributed by atoms with Crippen LogP contribution in [0.3, 0.4) is 0 Å². The predicted octanol–water partition coefficient (Wildman–Crippen LogP) is 0.816. The highest BCUT2D eigenvalue weighted by Crippen LogP contribution is 2.28. The van der Waals surface area contributed by atoms with E-state index in [0.717, 1.165) is 16.9 Å². The third-order valence-electron chi connectivity index (χ3n) is 2.12. The first-order valence-electron chi connectivity index (χ1n) is 4.07. The number of hydrogen-bond donors (Lipinski definition) is 2. The quantitative estimate of drug-likeness (QED) is 0.720. The summed E-state index contributed by atoms with van der Waals surface area (Å²) in [4.78, 5) is 0.146. The molecule has 0 bridgehead atoms. The van der Waals surface area contributed by atoms with Gasteiger partial charge in [-0.15, -0.1) is 0 Å². The molecule has 1 aromatic rings. The van der Waals surface area contributed by atoms with Crippen molar-refractivity contribution in [2.75, 3.05) is 5.32 Å². The Hall–Kier alpha value is -1.33. The maximum Gasteiger partial charge on any atom is 0.238 e. The van der Waals surface area contributed by atoms with Crippen LogP contribution in [0.1, 0.15) is 5.56 Å². The molecule has 3 N–H and O–H groups in total. The SMILES string of the molecule is C=C1Cc2cc(S(N)(=O)=O)ccc2N1. The highest BCUT2D eigenvalue weighted by molar-refractivity contribution is 7.89. The van der Waals surface area contributed by atoms with Gasteiger partial charge >= 0.3 is 0 Å². The lowest BCUT2D eigenvalue weighted by Crippen LogP contribution is -2.12. The Kier molecular flexibility index (Phi) is 1.87. The second-order valence-electron chi connectivity index (χ2n) is 3.27. The number of sulfonamides is 1. The van der Waals surface area contributed by atoms with Gasteiger partial charge in [0.1, 0.15) is 0 Å². The van der Waals surface area contributed by atoms with Crippen molar-refractivity contribution < 1.29 is 8.42 Å². The fourth-order valence-corrected chi connectivity index (χ4v) is 2.04. The first-order valence-corrected chi connectivity index (χ1v) is 5.62. The molecule has 1 heterocycles. The summed E-state index contributed by atoms with van der Waals surface area (Å²) in [6.45, 7) is 3.77. The molecule has 74 valence electrons. The Morgan fingerprint density at radius 1 is 1.43 bits per heavy atom. The molecular weight excluding hydrogens is 200 g/mol. The van der Waals surface area contributed by atoms with E-state index in [1.165, 1.54) is 6.07 Å². The Morgan fingerprint density at radius 3 is 2.79 bits per heavy atom. The highest BCUT2D eigenvalue weighted by Gasteiger charge is 2.16. The van der Waals surface area contributed by atoms with Gasteiger partial charge in [-0.3, -0.25) is 0 Å². The summed E-state index contributed by atoms with van der Waals surface area (Å²) in [6.07, 6.45) is 0.651. The Labute approximate surface area is 82.5 Å². The second kappa shape index (κ2) is 2.83. The maximum absolute atomic E-state index is 11.0. The topological polar surface area (TPSA) is 72.2 Å². The zero-order valence-corrected chi connectivity index (χ0v) is 8.26. The van der Waals surface area contributed by atoms with Gasteiger partial charge in [0.15, 0.2) is 0 Å². The predicted molar refractivity (Wildman–Crippen MR) is 54.3 cm³/mol. The Bertz CT molecular complexity index is 506. The average molecular weight is 210 g/mol. The van der Waals surface area contributed by atoms with Gasteiger partial charge < -0.3 is 5.32 Å². The zero-order chi connectivity index (χ0) is 10.3. The van der Waals surface area contributed by atoms with Gasteiger partial charge in [0, 0.05) is 17.8 Å². The van der Waals surface area contributed by atoms with Gasteiger partial charge in [0.2, 0.25) is 10.0 Å². The molecule has 0 fully saturated rings. The molecule has 0 spiro atoms. The van der Waals surface area contributed by atoms with Crippen LogP contribution in [-0.2, 0) is 16.4 Å². The second-order valence-corrected chi connectivity index (χ2v) is 4.83. The molecule has 0 aromatic heterocycles. The lowest BCUT2D eigenvalue weighted by Gasteiger charge is -2.01. The Balaban J connectivity index is 2.53. The van der Waals surface area contributed by atoms with Gasteiger partial charge in [-0.05, 0) is 23.8 Å². The molecule has 1 aromatic carbocycles. The minimum Gasteiger partial charge on any atom is -0.359 e. The minimum absolute atomic E-state index is 0.146. The highest BCUT2D eigenvalue weighted by atomic mass is 32.2. The van der Waals surface area contributed by atoms with E-state index in [-0.39, 0.29) is 4.90 Å². The summed E-state index contributed by atoms with van der Waals surface area (Å²) in [7, 11) is -3.60. The molecule has 0 radical (unpaired) electrons. The molecular formula is C9H10N2O2S. The third-order valence-corrected chi connectivity index (χ3v) is 3.03.